The maximum absolute atomic E-state index is 14.7. The Hall–Kier alpha value is -2.40. The molecule has 1 aliphatic carbocycles. The molecule has 0 spiro atoms. The molecular weight excluding hydrogens is 331 g/mol. The summed E-state index contributed by atoms with van der Waals surface area (Å²) in [7, 11) is 1.61. The molecule has 0 aromatic heterocycles. The van der Waals surface area contributed by atoms with Crippen LogP contribution in [-0.4, -0.2) is 37.0 Å². The highest BCUT2D eigenvalue weighted by Crippen LogP contribution is 2.37. The number of carbonyl (C=O) groups is 1. The normalized spacial score (nSPS) is 24.6. The third-order valence-electron chi connectivity index (χ3n) is 5.82. The number of nitrogens with zero attached hydrogens (tertiary/aromatic N) is 1. The molecule has 2 aliphatic rings. The van der Waals surface area contributed by atoms with E-state index >= 15 is 0 Å². The highest BCUT2D eigenvalue weighted by molar-refractivity contribution is 5.95. The van der Waals surface area contributed by atoms with Crippen LogP contribution < -0.4 is 10.5 Å². The fourth-order valence-electron chi connectivity index (χ4n) is 4.30. The molecule has 0 bridgehead atoms. The number of benzene rings is 2. The molecular formula is C21H23FN2O2. The monoisotopic (exact) mass is 354 g/mol. The predicted molar refractivity (Wildman–Crippen MR) is 98.5 cm³/mol. The molecule has 2 N–H and O–H groups in total. The summed E-state index contributed by atoms with van der Waals surface area (Å²) in [5, 5.41) is 0. The van der Waals surface area contributed by atoms with Gasteiger partial charge in [-0.05, 0) is 60.1 Å². The van der Waals surface area contributed by atoms with E-state index in [1.807, 2.05) is 24.3 Å². The van der Waals surface area contributed by atoms with E-state index < -0.39 is 5.82 Å². The lowest BCUT2D eigenvalue weighted by Gasteiger charge is -2.19. The maximum atomic E-state index is 14.7. The largest absolute Gasteiger partial charge is 0.497 e. The number of rotatable bonds is 3. The van der Waals surface area contributed by atoms with Crippen LogP contribution in [0.4, 0.5) is 4.39 Å². The standard InChI is InChI=1S/C21H23FN2O2/c1-26-16-6-2-13(3-7-16)14-4-8-17(19(22)10-14)21(25)24-11-15-5-9-20(23)18(15)12-24/h2-4,6-8,10,15,18,20H,5,9,11-12,23H2,1H3. The molecule has 136 valence electrons. The highest BCUT2D eigenvalue weighted by atomic mass is 19.1. The molecule has 4 nitrogen and oxygen atoms in total. The van der Waals surface area contributed by atoms with Crippen LogP contribution in [0.1, 0.15) is 23.2 Å². The minimum Gasteiger partial charge on any atom is -0.497 e. The van der Waals surface area contributed by atoms with Crippen molar-refractivity contribution in [1.29, 1.82) is 0 Å². The lowest BCUT2D eigenvalue weighted by molar-refractivity contribution is 0.0775. The molecule has 5 heteroatoms. The van der Waals surface area contributed by atoms with Gasteiger partial charge in [-0.1, -0.05) is 18.2 Å². The number of fused-ring (bicyclic) bond motifs is 1. The second-order valence-corrected chi connectivity index (χ2v) is 7.30. The van der Waals surface area contributed by atoms with Crippen molar-refractivity contribution >= 4 is 5.91 Å². The Labute approximate surface area is 152 Å². The van der Waals surface area contributed by atoms with Gasteiger partial charge < -0.3 is 15.4 Å². The second-order valence-electron chi connectivity index (χ2n) is 7.30. The molecule has 1 heterocycles. The van der Waals surface area contributed by atoms with Crippen LogP contribution in [0.2, 0.25) is 0 Å². The van der Waals surface area contributed by atoms with Gasteiger partial charge in [-0.2, -0.15) is 0 Å². The van der Waals surface area contributed by atoms with E-state index in [4.69, 9.17) is 10.5 Å². The van der Waals surface area contributed by atoms with E-state index in [9.17, 15) is 9.18 Å². The van der Waals surface area contributed by atoms with Crippen LogP contribution >= 0.6 is 0 Å². The Morgan fingerprint density at radius 2 is 1.85 bits per heavy atom. The van der Waals surface area contributed by atoms with E-state index in [0.29, 0.717) is 24.9 Å². The molecule has 1 aliphatic heterocycles. The number of nitrogens with two attached hydrogens (primary N) is 1. The van der Waals surface area contributed by atoms with E-state index in [0.717, 1.165) is 29.7 Å². The zero-order valence-electron chi connectivity index (χ0n) is 14.8. The molecule has 26 heavy (non-hydrogen) atoms. The first-order chi connectivity index (χ1) is 12.6. The molecule has 3 atom stereocenters. The summed E-state index contributed by atoms with van der Waals surface area (Å²) in [5.74, 6) is 0.866. The summed E-state index contributed by atoms with van der Waals surface area (Å²) >= 11 is 0. The maximum Gasteiger partial charge on any atom is 0.256 e. The zero-order valence-corrected chi connectivity index (χ0v) is 14.8. The predicted octanol–water partition coefficient (Wildman–Crippen LogP) is 3.31. The van der Waals surface area contributed by atoms with Gasteiger partial charge in [-0.25, -0.2) is 4.39 Å². The van der Waals surface area contributed by atoms with Crippen molar-refractivity contribution < 1.29 is 13.9 Å². The third kappa shape index (κ3) is 2.97. The van der Waals surface area contributed by atoms with Crippen molar-refractivity contribution in [1.82, 2.24) is 4.90 Å². The van der Waals surface area contributed by atoms with Gasteiger partial charge in [0, 0.05) is 19.1 Å². The number of likely N-dealkylation sites (tertiary alicyclic amines) is 1. The van der Waals surface area contributed by atoms with Crippen LogP contribution in [0.3, 0.4) is 0 Å². The first-order valence-electron chi connectivity index (χ1n) is 9.05. The number of hydrogen-bond acceptors (Lipinski definition) is 3. The van der Waals surface area contributed by atoms with Crippen molar-refractivity contribution in [2.45, 2.75) is 18.9 Å². The average Bonchev–Trinajstić information content (AvgIpc) is 3.23. The summed E-state index contributed by atoms with van der Waals surface area (Å²) < 4.78 is 19.8. The summed E-state index contributed by atoms with van der Waals surface area (Å²) in [5.41, 5.74) is 7.89. The molecule has 2 aromatic carbocycles. The highest BCUT2D eigenvalue weighted by Gasteiger charge is 2.42. The zero-order chi connectivity index (χ0) is 18.3. The van der Waals surface area contributed by atoms with Crippen molar-refractivity contribution in [2.75, 3.05) is 20.2 Å². The van der Waals surface area contributed by atoms with Gasteiger partial charge in [0.2, 0.25) is 0 Å². The number of amides is 1. The Morgan fingerprint density at radius 1 is 1.12 bits per heavy atom. The van der Waals surface area contributed by atoms with Crippen LogP contribution in [-0.2, 0) is 0 Å². The fraction of sp³-hybridized carbons (Fsp3) is 0.381. The molecule has 1 saturated heterocycles. The quantitative estimate of drug-likeness (QED) is 0.920. The lowest BCUT2D eigenvalue weighted by atomic mass is 9.98. The number of carbonyl (C=O) groups excluding carboxylic acids is 1. The summed E-state index contributed by atoms with van der Waals surface area (Å²) in [4.78, 5) is 14.5. The van der Waals surface area contributed by atoms with Gasteiger partial charge in [0.25, 0.3) is 5.91 Å². The van der Waals surface area contributed by atoms with Gasteiger partial charge in [0.1, 0.15) is 11.6 Å². The fourth-order valence-corrected chi connectivity index (χ4v) is 4.30. The molecule has 1 amide bonds. The number of halogens is 1. The number of methoxy groups -OCH3 is 1. The van der Waals surface area contributed by atoms with Gasteiger partial charge in [0.05, 0.1) is 12.7 Å². The molecule has 2 fully saturated rings. The minimum absolute atomic E-state index is 0.135. The Morgan fingerprint density at radius 3 is 2.50 bits per heavy atom. The Balaban J connectivity index is 1.53. The van der Waals surface area contributed by atoms with Gasteiger partial charge in [-0.15, -0.1) is 0 Å². The van der Waals surface area contributed by atoms with Crippen molar-refractivity contribution in [2.24, 2.45) is 17.6 Å². The first-order valence-corrected chi connectivity index (χ1v) is 9.05. The summed E-state index contributed by atoms with van der Waals surface area (Å²) in [6.45, 7) is 1.33. The summed E-state index contributed by atoms with van der Waals surface area (Å²) in [6.07, 6.45) is 2.09. The van der Waals surface area contributed by atoms with Crippen molar-refractivity contribution in [3.05, 3.63) is 53.8 Å². The Kier molecular flexibility index (Phi) is 4.41. The Bertz CT molecular complexity index is 821. The van der Waals surface area contributed by atoms with Crippen LogP contribution in [0.25, 0.3) is 11.1 Å². The van der Waals surface area contributed by atoms with Gasteiger partial charge in [0.15, 0.2) is 0 Å². The molecule has 1 saturated carbocycles. The summed E-state index contributed by atoms with van der Waals surface area (Å²) in [6, 6.07) is 12.4. The smallest absolute Gasteiger partial charge is 0.256 e. The van der Waals surface area contributed by atoms with Crippen LogP contribution in [0, 0.1) is 17.7 Å². The van der Waals surface area contributed by atoms with Crippen LogP contribution in [0.5, 0.6) is 5.75 Å². The number of ether oxygens (including phenoxy) is 1. The van der Waals surface area contributed by atoms with Crippen molar-refractivity contribution in [3.8, 4) is 16.9 Å². The second kappa shape index (κ2) is 6.72. The SMILES string of the molecule is COc1ccc(-c2ccc(C(=O)N3CC4CCC(N)C4C3)c(F)c2)cc1. The lowest BCUT2D eigenvalue weighted by Crippen LogP contribution is -2.33. The molecule has 0 radical (unpaired) electrons. The van der Waals surface area contributed by atoms with Crippen LogP contribution in [0.15, 0.2) is 42.5 Å². The van der Waals surface area contributed by atoms with Gasteiger partial charge in [-0.3, -0.25) is 4.79 Å². The van der Waals surface area contributed by atoms with E-state index in [1.165, 1.54) is 6.07 Å². The van der Waals surface area contributed by atoms with E-state index in [-0.39, 0.29) is 17.5 Å². The van der Waals surface area contributed by atoms with Gasteiger partial charge >= 0.3 is 0 Å². The third-order valence-corrected chi connectivity index (χ3v) is 5.82. The minimum atomic E-state index is -0.482. The molecule has 2 aromatic rings. The number of hydrogen-bond donors (Lipinski definition) is 1. The topological polar surface area (TPSA) is 55.6 Å². The van der Waals surface area contributed by atoms with Crippen molar-refractivity contribution in [3.63, 3.8) is 0 Å². The average molecular weight is 354 g/mol. The van der Waals surface area contributed by atoms with E-state index in [2.05, 4.69) is 0 Å². The van der Waals surface area contributed by atoms with E-state index in [1.54, 1.807) is 24.1 Å². The molecule has 3 unspecified atom stereocenters. The first kappa shape index (κ1) is 17.0. The molecule has 4 rings (SSSR count).